The van der Waals surface area contributed by atoms with Gasteiger partial charge in [-0.3, -0.25) is 19.6 Å². The van der Waals surface area contributed by atoms with Gasteiger partial charge in [0.15, 0.2) is 0 Å². The second-order valence-electron chi connectivity index (χ2n) is 5.87. The minimum atomic E-state index is -0.762. The first kappa shape index (κ1) is 16.1. The second kappa shape index (κ2) is 7.18. The summed E-state index contributed by atoms with van der Waals surface area (Å²) in [5, 5.41) is 8.83. The predicted molar refractivity (Wildman–Crippen MR) is 90.3 cm³/mol. The number of anilines is 2. The first-order chi connectivity index (χ1) is 11.7. The predicted octanol–water partition coefficient (Wildman–Crippen LogP) is 1.42. The third-order valence-corrected chi connectivity index (χ3v) is 4.09. The number of rotatable bonds is 5. The molecule has 3 N–H and O–H groups in total. The fourth-order valence-corrected chi connectivity index (χ4v) is 2.82. The average molecular weight is 325 g/mol. The van der Waals surface area contributed by atoms with Crippen LogP contribution in [-0.2, 0) is 9.59 Å². The van der Waals surface area contributed by atoms with Crippen molar-refractivity contribution < 1.29 is 9.59 Å². The first-order valence-electron chi connectivity index (χ1n) is 7.80. The third kappa shape index (κ3) is 3.75. The summed E-state index contributed by atoms with van der Waals surface area (Å²) >= 11 is 0. The highest BCUT2D eigenvalue weighted by Gasteiger charge is 2.43. The van der Waals surface area contributed by atoms with Gasteiger partial charge in [0.1, 0.15) is 0 Å². The Hall–Kier alpha value is -2.80. The summed E-state index contributed by atoms with van der Waals surface area (Å²) < 4.78 is 0. The molecule has 0 radical (unpaired) electrons. The molecule has 124 valence electrons. The molecule has 7 heteroatoms. The lowest BCUT2D eigenvalue weighted by molar-refractivity contribution is -0.129. The van der Waals surface area contributed by atoms with Gasteiger partial charge in [-0.05, 0) is 37.2 Å². The Morgan fingerprint density at radius 2 is 1.75 bits per heavy atom. The van der Waals surface area contributed by atoms with Gasteiger partial charge in [-0.25, -0.2) is 0 Å². The Kier molecular flexibility index (Phi) is 4.81. The molecule has 1 unspecified atom stereocenters. The highest BCUT2D eigenvalue weighted by atomic mass is 16.2. The maximum atomic E-state index is 12.8. The van der Waals surface area contributed by atoms with Gasteiger partial charge in [0.05, 0.1) is 29.2 Å². The number of hydrogen-bond acceptors (Lipinski definition) is 5. The molecule has 2 aromatic heterocycles. The van der Waals surface area contributed by atoms with Crippen molar-refractivity contribution in [1.29, 1.82) is 0 Å². The van der Waals surface area contributed by atoms with E-state index in [-0.39, 0.29) is 18.2 Å². The van der Waals surface area contributed by atoms with Crippen molar-refractivity contribution in [2.75, 3.05) is 23.7 Å². The summed E-state index contributed by atoms with van der Waals surface area (Å²) in [6, 6.07) is 7.04. The van der Waals surface area contributed by atoms with Gasteiger partial charge in [-0.1, -0.05) is 0 Å². The second-order valence-corrected chi connectivity index (χ2v) is 5.87. The van der Waals surface area contributed by atoms with E-state index in [1.807, 2.05) is 0 Å². The van der Waals surface area contributed by atoms with E-state index in [1.165, 1.54) is 0 Å². The molecule has 3 heterocycles. The molecule has 1 aliphatic heterocycles. The molecule has 24 heavy (non-hydrogen) atoms. The smallest absolute Gasteiger partial charge is 0.232 e. The van der Waals surface area contributed by atoms with Crippen molar-refractivity contribution in [3.05, 3.63) is 49.1 Å². The molecule has 2 amide bonds. The lowest BCUT2D eigenvalue weighted by Crippen LogP contribution is -2.41. The minimum absolute atomic E-state index is 0.112. The van der Waals surface area contributed by atoms with Crippen molar-refractivity contribution in [2.24, 2.45) is 5.41 Å². The molecule has 7 nitrogen and oxygen atoms in total. The van der Waals surface area contributed by atoms with Crippen LogP contribution in [0.25, 0.3) is 0 Å². The summed E-state index contributed by atoms with van der Waals surface area (Å²) in [5.41, 5.74) is 0.486. The maximum Gasteiger partial charge on any atom is 0.232 e. The van der Waals surface area contributed by atoms with Crippen LogP contribution < -0.4 is 16.0 Å². The van der Waals surface area contributed by atoms with Crippen LogP contribution in [-0.4, -0.2) is 34.9 Å². The number of nitrogens with one attached hydrogen (secondary N) is 3. The SMILES string of the molecule is O=C(CC1(C(=O)Nc2cccnc2)CCNC1)Nc1cccnc1. The van der Waals surface area contributed by atoms with Gasteiger partial charge in [0.2, 0.25) is 11.8 Å². The van der Waals surface area contributed by atoms with Crippen LogP contribution in [0.2, 0.25) is 0 Å². The molecule has 0 aromatic carbocycles. The summed E-state index contributed by atoms with van der Waals surface area (Å²) in [6.45, 7) is 1.18. The Labute approximate surface area is 139 Å². The third-order valence-electron chi connectivity index (χ3n) is 4.09. The normalized spacial score (nSPS) is 19.7. The Morgan fingerprint density at radius 1 is 1.08 bits per heavy atom. The van der Waals surface area contributed by atoms with Crippen molar-refractivity contribution in [2.45, 2.75) is 12.8 Å². The molecule has 0 saturated carbocycles. The lowest BCUT2D eigenvalue weighted by Gasteiger charge is -2.26. The van der Waals surface area contributed by atoms with Gasteiger partial charge in [0, 0.05) is 25.4 Å². The number of amides is 2. The molecule has 2 aromatic rings. The molecule has 1 aliphatic rings. The van der Waals surface area contributed by atoms with Crippen LogP contribution in [0.1, 0.15) is 12.8 Å². The molecular formula is C17H19N5O2. The van der Waals surface area contributed by atoms with E-state index in [2.05, 4.69) is 25.9 Å². The van der Waals surface area contributed by atoms with E-state index < -0.39 is 5.41 Å². The summed E-state index contributed by atoms with van der Waals surface area (Å²) in [4.78, 5) is 33.1. The van der Waals surface area contributed by atoms with Gasteiger partial charge in [-0.15, -0.1) is 0 Å². The van der Waals surface area contributed by atoms with E-state index in [4.69, 9.17) is 0 Å². The Morgan fingerprint density at radius 3 is 2.29 bits per heavy atom. The van der Waals surface area contributed by atoms with Gasteiger partial charge >= 0.3 is 0 Å². The van der Waals surface area contributed by atoms with E-state index in [9.17, 15) is 9.59 Å². The van der Waals surface area contributed by atoms with E-state index in [0.717, 1.165) is 0 Å². The topological polar surface area (TPSA) is 96.0 Å². The van der Waals surface area contributed by atoms with Crippen molar-refractivity contribution in [3.8, 4) is 0 Å². The standard InChI is InChI=1S/C17H19N5O2/c23-15(21-13-3-1-6-18-10-13)9-17(5-8-20-12-17)16(24)22-14-4-2-7-19-11-14/h1-4,6-7,10-11,20H,5,8-9,12H2,(H,21,23)(H,22,24). The van der Waals surface area contributed by atoms with E-state index >= 15 is 0 Å². The average Bonchev–Trinajstić information content (AvgIpc) is 3.06. The molecule has 3 rings (SSSR count). The lowest BCUT2D eigenvalue weighted by atomic mass is 9.82. The highest BCUT2D eigenvalue weighted by molar-refractivity contribution is 6.00. The Balaban J connectivity index is 1.69. The maximum absolute atomic E-state index is 12.8. The largest absolute Gasteiger partial charge is 0.325 e. The van der Waals surface area contributed by atoms with Crippen LogP contribution in [0.4, 0.5) is 11.4 Å². The monoisotopic (exact) mass is 325 g/mol. The van der Waals surface area contributed by atoms with Crippen LogP contribution in [0.15, 0.2) is 49.1 Å². The van der Waals surface area contributed by atoms with Crippen molar-refractivity contribution >= 4 is 23.2 Å². The minimum Gasteiger partial charge on any atom is -0.325 e. The van der Waals surface area contributed by atoms with Gasteiger partial charge in [0.25, 0.3) is 0 Å². The van der Waals surface area contributed by atoms with Crippen molar-refractivity contribution in [3.63, 3.8) is 0 Å². The highest BCUT2D eigenvalue weighted by Crippen LogP contribution is 2.31. The number of aromatic nitrogens is 2. The summed E-state index contributed by atoms with van der Waals surface area (Å²) in [6.07, 6.45) is 7.17. The number of pyridine rings is 2. The van der Waals surface area contributed by atoms with Crippen LogP contribution in [0.3, 0.4) is 0 Å². The van der Waals surface area contributed by atoms with Crippen LogP contribution in [0.5, 0.6) is 0 Å². The van der Waals surface area contributed by atoms with E-state index in [0.29, 0.717) is 30.9 Å². The summed E-state index contributed by atoms with van der Waals surface area (Å²) in [5.74, 6) is -0.366. The number of carbonyl (C=O) groups excluding carboxylic acids is 2. The zero-order valence-corrected chi connectivity index (χ0v) is 13.2. The first-order valence-corrected chi connectivity index (χ1v) is 7.80. The molecule has 1 fully saturated rings. The van der Waals surface area contributed by atoms with Gasteiger partial charge < -0.3 is 16.0 Å². The fraction of sp³-hybridized carbons (Fsp3) is 0.294. The molecule has 1 atom stereocenters. The number of nitrogens with zero attached hydrogens (tertiary/aromatic N) is 2. The summed E-state index contributed by atoms with van der Waals surface area (Å²) in [7, 11) is 0. The molecule has 1 saturated heterocycles. The zero-order chi connectivity index (χ0) is 16.8. The van der Waals surface area contributed by atoms with E-state index in [1.54, 1.807) is 49.1 Å². The molecule has 0 aliphatic carbocycles. The van der Waals surface area contributed by atoms with Gasteiger partial charge in [-0.2, -0.15) is 0 Å². The van der Waals surface area contributed by atoms with Crippen LogP contribution >= 0.6 is 0 Å². The molecule has 0 spiro atoms. The van der Waals surface area contributed by atoms with Crippen molar-refractivity contribution in [1.82, 2.24) is 15.3 Å². The fourth-order valence-electron chi connectivity index (χ4n) is 2.82. The quantitative estimate of drug-likeness (QED) is 0.773. The molecular weight excluding hydrogens is 306 g/mol. The Bertz CT molecular complexity index is 699. The number of hydrogen-bond donors (Lipinski definition) is 3. The zero-order valence-electron chi connectivity index (χ0n) is 13.2. The van der Waals surface area contributed by atoms with Crippen LogP contribution in [0, 0.1) is 5.41 Å². The molecule has 0 bridgehead atoms. The number of carbonyl (C=O) groups is 2.